The van der Waals surface area contributed by atoms with E-state index in [1.807, 2.05) is 166 Å². The van der Waals surface area contributed by atoms with Crippen molar-refractivity contribution in [2.45, 2.75) is 71.8 Å². The Kier molecular flexibility index (Phi) is 13.6. The van der Waals surface area contributed by atoms with Gasteiger partial charge in [-0.15, -0.1) is 0 Å². The second-order valence-corrected chi connectivity index (χ2v) is 13.8. The van der Waals surface area contributed by atoms with E-state index in [-0.39, 0.29) is 6.61 Å². The molecule has 0 amide bonds. The molecule has 9 nitrogen and oxygen atoms in total. The highest BCUT2D eigenvalue weighted by molar-refractivity contribution is 5.67. The second-order valence-electron chi connectivity index (χ2n) is 13.8. The Bertz CT molecular complexity index is 2200. The first-order chi connectivity index (χ1) is 28.4. The Morgan fingerprint density at radius 2 is 1.10 bits per heavy atom. The maximum absolute atomic E-state index is 13.0. The highest BCUT2D eigenvalue weighted by Crippen LogP contribution is 2.51. The largest absolute Gasteiger partial charge is 0.489 e. The predicted molar refractivity (Wildman–Crippen MR) is 220 cm³/mol. The fourth-order valence-corrected chi connectivity index (χ4v) is 6.76. The topological polar surface area (TPSA) is 90.9 Å². The van der Waals surface area contributed by atoms with Crippen molar-refractivity contribution in [2.24, 2.45) is 0 Å². The summed E-state index contributed by atoms with van der Waals surface area (Å²) in [6.45, 7) is 6.72. The van der Waals surface area contributed by atoms with Gasteiger partial charge >= 0.3 is 5.97 Å². The number of benzene rings is 6. The van der Waals surface area contributed by atoms with Gasteiger partial charge in [-0.3, -0.25) is 4.79 Å². The van der Waals surface area contributed by atoms with Crippen LogP contribution in [0.5, 0.6) is 28.7 Å². The van der Waals surface area contributed by atoms with Crippen LogP contribution in [0, 0.1) is 0 Å². The van der Waals surface area contributed by atoms with Gasteiger partial charge in [-0.05, 0) is 48.2 Å². The van der Waals surface area contributed by atoms with E-state index in [4.69, 9.17) is 37.9 Å². The molecular formula is C49H48O9. The van der Waals surface area contributed by atoms with Crippen molar-refractivity contribution in [1.82, 2.24) is 0 Å². The minimum atomic E-state index is -0.971. The Hall–Kier alpha value is -6.29. The van der Waals surface area contributed by atoms with Gasteiger partial charge in [0.25, 0.3) is 0 Å². The van der Waals surface area contributed by atoms with Crippen LogP contribution >= 0.6 is 0 Å². The van der Waals surface area contributed by atoms with Crippen LogP contribution in [0.3, 0.4) is 0 Å². The zero-order chi connectivity index (χ0) is 40.1. The number of rotatable bonds is 18. The number of hydrogen-bond acceptors (Lipinski definition) is 9. The summed E-state index contributed by atoms with van der Waals surface area (Å²) < 4.78 is 51.4. The van der Waals surface area contributed by atoms with Crippen LogP contribution in [-0.4, -0.2) is 25.0 Å². The van der Waals surface area contributed by atoms with E-state index in [2.05, 4.69) is 0 Å². The van der Waals surface area contributed by atoms with Gasteiger partial charge in [0.15, 0.2) is 30.0 Å². The van der Waals surface area contributed by atoms with Gasteiger partial charge in [-0.25, -0.2) is 0 Å². The average Bonchev–Trinajstić information content (AvgIpc) is 3.25. The maximum Gasteiger partial charge on any atom is 0.303 e. The van der Waals surface area contributed by atoms with Crippen molar-refractivity contribution in [3.63, 3.8) is 0 Å². The summed E-state index contributed by atoms with van der Waals surface area (Å²) in [7, 11) is 0. The van der Waals surface area contributed by atoms with Crippen molar-refractivity contribution >= 4 is 5.97 Å². The molecule has 6 aromatic rings. The van der Waals surface area contributed by atoms with E-state index in [1.165, 1.54) is 6.92 Å². The fourth-order valence-electron chi connectivity index (χ4n) is 6.76. The van der Waals surface area contributed by atoms with Crippen molar-refractivity contribution < 1.29 is 42.7 Å². The van der Waals surface area contributed by atoms with Crippen molar-refractivity contribution in [3.8, 4) is 28.7 Å². The molecule has 7 rings (SSSR count). The molecule has 6 aromatic carbocycles. The van der Waals surface area contributed by atoms with Gasteiger partial charge in [0, 0.05) is 31.2 Å². The number of ether oxygens (including phenoxy) is 8. The second kappa shape index (κ2) is 19.7. The van der Waals surface area contributed by atoms with E-state index < -0.39 is 30.6 Å². The standard InChI is InChI=1S/C49H48O9/c1-4-51-35(3)57-48-46-44(55-33-39-23-15-8-16-24-39)28-41(52-30-36-17-9-5-10-18-36)29-45(46)58-47(49(48)56-34(2)50)40-25-26-42(53-31-37-19-11-6-12-20-37)43(27-40)54-32-38-21-13-7-14-22-38/h5-29,35,47-49H,4,30-33H2,1-3H3/t35?,47-,48+,49-/m1/s1. The fraction of sp³-hybridized carbons (Fsp3) is 0.245. The van der Waals surface area contributed by atoms with Crippen molar-refractivity contribution in [2.75, 3.05) is 6.61 Å². The summed E-state index contributed by atoms with van der Waals surface area (Å²) in [4.78, 5) is 13.0. The molecule has 0 fully saturated rings. The molecule has 1 unspecified atom stereocenters. The normalized spacial score (nSPS) is 16.3. The van der Waals surface area contributed by atoms with Crippen LogP contribution in [0.2, 0.25) is 0 Å². The third-order valence-electron chi connectivity index (χ3n) is 9.51. The van der Waals surface area contributed by atoms with Crippen LogP contribution < -0.4 is 23.7 Å². The van der Waals surface area contributed by atoms with Crippen LogP contribution in [0.4, 0.5) is 0 Å². The van der Waals surface area contributed by atoms with Crippen LogP contribution in [0.1, 0.15) is 66.4 Å². The lowest BCUT2D eigenvalue weighted by Gasteiger charge is -2.40. The lowest BCUT2D eigenvalue weighted by molar-refractivity contribution is -0.213. The van der Waals surface area contributed by atoms with E-state index in [0.717, 1.165) is 22.3 Å². The van der Waals surface area contributed by atoms with Gasteiger partial charge in [-0.2, -0.15) is 0 Å². The zero-order valence-corrected chi connectivity index (χ0v) is 33.0. The first-order valence-electron chi connectivity index (χ1n) is 19.5. The van der Waals surface area contributed by atoms with E-state index >= 15 is 0 Å². The monoisotopic (exact) mass is 780 g/mol. The van der Waals surface area contributed by atoms with Gasteiger partial charge < -0.3 is 37.9 Å². The molecule has 0 aromatic heterocycles. The molecule has 0 spiro atoms. The van der Waals surface area contributed by atoms with Gasteiger partial charge in [0.05, 0.1) is 5.56 Å². The molecule has 0 bridgehead atoms. The lowest BCUT2D eigenvalue weighted by Crippen LogP contribution is -2.40. The van der Waals surface area contributed by atoms with E-state index in [0.29, 0.717) is 66.3 Å². The smallest absolute Gasteiger partial charge is 0.303 e. The average molecular weight is 781 g/mol. The highest BCUT2D eigenvalue weighted by Gasteiger charge is 2.46. The summed E-state index contributed by atoms with van der Waals surface area (Å²) in [5.74, 6) is 1.99. The molecule has 1 aliphatic heterocycles. The van der Waals surface area contributed by atoms with E-state index in [1.54, 1.807) is 0 Å². The summed E-state index contributed by atoms with van der Waals surface area (Å²) >= 11 is 0. The Morgan fingerprint density at radius 1 is 0.603 bits per heavy atom. The molecule has 0 aliphatic carbocycles. The number of esters is 1. The Labute approximate surface area is 340 Å². The first-order valence-corrected chi connectivity index (χ1v) is 19.5. The van der Waals surface area contributed by atoms with Gasteiger partial charge in [-0.1, -0.05) is 127 Å². The minimum Gasteiger partial charge on any atom is -0.489 e. The summed E-state index contributed by atoms with van der Waals surface area (Å²) in [6.07, 6.45) is -3.38. The minimum absolute atomic E-state index is 0.261. The molecule has 1 aliphatic rings. The third-order valence-corrected chi connectivity index (χ3v) is 9.51. The predicted octanol–water partition coefficient (Wildman–Crippen LogP) is 10.5. The number of hydrogen-bond donors (Lipinski definition) is 0. The Balaban J connectivity index is 1.30. The molecule has 298 valence electrons. The number of carbonyl (C=O) groups is 1. The molecule has 0 saturated carbocycles. The summed E-state index contributed by atoms with van der Waals surface area (Å²) in [5.41, 5.74) is 5.22. The zero-order valence-electron chi connectivity index (χ0n) is 33.0. The van der Waals surface area contributed by atoms with Crippen LogP contribution in [-0.2, 0) is 45.4 Å². The first kappa shape index (κ1) is 39.9. The van der Waals surface area contributed by atoms with Crippen LogP contribution in [0.25, 0.3) is 0 Å². The van der Waals surface area contributed by atoms with E-state index in [9.17, 15) is 4.79 Å². The molecule has 0 N–H and O–H groups in total. The van der Waals surface area contributed by atoms with Gasteiger partial charge in [0.1, 0.15) is 49.8 Å². The molecular weight excluding hydrogens is 733 g/mol. The third kappa shape index (κ3) is 10.6. The molecule has 4 atom stereocenters. The molecule has 0 radical (unpaired) electrons. The van der Waals surface area contributed by atoms with Crippen molar-refractivity contribution in [1.29, 1.82) is 0 Å². The molecule has 9 heteroatoms. The summed E-state index contributed by atoms with van der Waals surface area (Å²) in [5, 5.41) is 0. The molecule has 0 saturated heterocycles. The lowest BCUT2D eigenvalue weighted by atomic mass is 9.90. The quantitative estimate of drug-likeness (QED) is 0.0624. The van der Waals surface area contributed by atoms with Gasteiger partial charge in [0.2, 0.25) is 0 Å². The SMILES string of the molecule is CCOC(C)O[C@H]1c2c(OCc3ccccc3)cc(OCc3ccccc3)cc2O[C@H](c2ccc(OCc3ccccc3)c(OCc3ccccc3)c2)[C@H]1OC(C)=O. The maximum atomic E-state index is 13.0. The van der Waals surface area contributed by atoms with Crippen LogP contribution in [0.15, 0.2) is 152 Å². The molecule has 1 heterocycles. The number of fused-ring (bicyclic) bond motifs is 1. The van der Waals surface area contributed by atoms with Crippen molar-refractivity contribution in [3.05, 3.63) is 185 Å². The molecule has 58 heavy (non-hydrogen) atoms. The summed E-state index contributed by atoms with van der Waals surface area (Å²) in [6, 6.07) is 48.9. The number of carbonyl (C=O) groups excluding carboxylic acids is 1. The highest BCUT2D eigenvalue weighted by atomic mass is 16.7. The Morgan fingerprint density at radius 3 is 1.62 bits per heavy atom.